The first-order valence-electron chi connectivity index (χ1n) is 7.37. The molecule has 2 rings (SSSR count). The normalized spacial score (nSPS) is 14.2. The van der Waals surface area contributed by atoms with Crippen molar-refractivity contribution in [1.82, 2.24) is 10.2 Å². The van der Waals surface area contributed by atoms with E-state index < -0.39 is 0 Å². The lowest BCUT2D eigenvalue weighted by atomic mass is 10.2. The van der Waals surface area contributed by atoms with Gasteiger partial charge in [0.15, 0.2) is 0 Å². The van der Waals surface area contributed by atoms with Gasteiger partial charge in [0.25, 0.3) is 0 Å². The van der Waals surface area contributed by atoms with Crippen LogP contribution in [0.1, 0.15) is 18.4 Å². The van der Waals surface area contributed by atoms with Crippen molar-refractivity contribution >= 4 is 17.7 Å². The SMILES string of the molecule is COCCNCc1ccc(SCC(=O)N(C)C2CC2)cc1. The minimum Gasteiger partial charge on any atom is -0.383 e. The van der Waals surface area contributed by atoms with Crippen LogP contribution in [0.3, 0.4) is 0 Å². The van der Waals surface area contributed by atoms with Crippen LogP contribution in [0.2, 0.25) is 0 Å². The van der Waals surface area contributed by atoms with E-state index in [4.69, 9.17) is 4.74 Å². The number of ether oxygens (including phenoxy) is 1. The zero-order valence-corrected chi connectivity index (χ0v) is 13.6. The summed E-state index contributed by atoms with van der Waals surface area (Å²) >= 11 is 1.61. The number of thioether (sulfide) groups is 1. The van der Waals surface area contributed by atoms with Crippen LogP contribution in [-0.2, 0) is 16.1 Å². The van der Waals surface area contributed by atoms with Crippen molar-refractivity contribution in [2.45, 2.75) is 30.3 Å². The molecule has 0 radical (unpaired) electrons. The number of carbonyl (C=O) groups excluding carboxylic acids is 1. The molecule has 5 heteroatoms. The molecule has 0 aromatic heterocycles. The van der Waals surface area contributed by atoms with Gasteiger partial charge in [-0.1, -0.05) is 12.1 Å². The molecule has 0 bridgehead atoms. The molecule has 1 aromatic rings. The molecule has 0 saturated heterocycles. The molecule has 4 nitrogen and oxygen atoms in total. The van der Waals surface area contributed by atoms with Gasteiger partial charge in [-0.25, -0.2) is 0 Å². The highest BCUT2D eigenvalue weighted by molar-refractivity contribution is 8.00. The summed E-state index contributed by atoms with van der Waals surface area (Å²) in [6.07, 6.45) is 2.33. The van der Waals surface area contributed by atoms with E-state index in [9.17, 15) is 4.79 Å². The summed E-state index contributed by atoms with van der Waals surface area (Å²) in [7, 11) is 3.62. The first kappa shape index (κ1) is 16.3. The predicted octanol–water partition coefficient (Wildman–Crippen LogP) is 2.14. The standard InChI is InChI=1S/C16H24N2O2S/c1-18(14-5-6-14)16(19)12-21-15-7-3-13(4-8-15)11-17-9-10-20-2/h3-4,7-8,14,17H,5-6,9-12H2,1-2H3. The van der Waals surface area contributed by atoms with Gasteiger partial charge in [0.2, 0.25) is 5.91 Å². The van der Waals surface area contributed by atoms with Gasteiger partial charge < -0.3 is 15.0 Å². The second-order valence-corrected chi connectivity index (χ2v) is 6.39. The van der Waals surface area contributed by atoms with Crippen LogP contribution in [0.4, 0.5) is 0 Å². The van der Waals surface area contributed by atoms with Crippen LogP contribution in [0.15, 0.2) is 29.2 Å². The Bertz CT molecular complexity index is 446. The third-order valence-corrected chi connectivity index (χ3v) is 4.58. The fourth-order valence-electron chi connectivity index (χ4n) is 2.02. The Morgan fingerprint density at radius 2 is 2.10 bits per heavy atom. The molecule has 0 aliphatic heterocycles. The van der Waals surface area contributed by atoms with Gasteiger partial charge in [-0.3, -0.25) is 4.79 Å². The van der Waals surface area contributed by atoms with Gasteiger partial charge in [0.1, 0.15) is 0 Å². The molecule has 116 valence electrons. The number of nitrogens with zero attached hydrogens (tertiary/aromatic N) is 1. The summed E-state index contributed by atoms with van der Waals surface area (Å²) < 4.78 is 4.99. The predicted molar refractivity (Wildman–Crippen MR) is 86.5 cm³/mol. The molecule has 1 N–H and O–H groups in total. The summed E-state index contributed by atoms with van der Waals surface area (Å²) in [5.74, 6) is 0.756. The van der Waals surface area contributed by atoms with Crippen LogP contribution >= 0.6 is 11.8 Å². The molecule has 0 atom stereocenters. The van der Waals surface area contributed by atoms with E-state index in [1.807, 2.05) is 11.9 Å². The van der Waals surface area contributed by atoms with E-state index >= 15 is 0 Å². The van der Waals surface area contributed by atoms with E-state index in [1.165, 1.54) is 5.56 Å². The van der Waals surface area contributed by atoms with Crippen LogP contribution in [-0.4, -0.2) is 49.9 Å². The summed E-state index contributed by atoms with van der Waals surface area (Å²) in [5.41, 5.74) is 1.25. The zero-order chi connectivity index (χ0) is 15.1. The number of amides is 1. The van der Waals surface area contributed by atoms with Crippen molar-refractivity contribution in [3.63, 3.8) is 0 Å². The minimum absolute atomic E-state index is 0.229. The van der Waals surface area contributed by atoms with Gasteiger partial charge in [-0.05, 0) is 30.5 Å². The molecular weight excluding hydrogens is 284 g/mol. The monoisotopic (exact) mass is 308 g/mol. The molecule has 0 heterocycles. The van der Waals surface area contributed by atoms with Gasteiger partial charge in [-0.2, -0.15) is 0 Å². The third-order valence-electron chi connectivity index (χ3n) is 3.59. The number of nitrogens with one attached hydrogen (secondary N) is 1. The van der Waals surface area contributed by atoms with Crippen molar-refractivity contribution < 1.29 is 9.53 Å². The quantitative estimate of drug-likeness (QED) is 0.560. The van der Waals surface area contributed by atoms with Gasteiger partial charge >= 0.3 is 0 Å². The Hall–Kier alpha value is -1.04. The van der Waals surface area contributed by atoms with Crippen molar-refractivity contribution in [2.24, 2.45) is 0 Å². The lowest BCUT2D eigenvalue weighted by Crippen LogP contribution is -2.30. The summed E-state index contributed by atoms with van der Waals surface area (Å²) in [6, 6.07) is 8.89. The Balaban J connectivity index is 1.70. The maximum Gasteiger partial charge on any atom is 0.232 e. The molecule has 1 aromatic carbocycles. The summed E-state index contributed by atoms with van der Waals surface area (Å²) in [6.45, 7) is 2.43. The lowest BCUT2D eigenvalue weighted by molar-refractivity contribution is -0.127. The molecule has 0 spiro atoms. The molecule has 1 aliphatic rings. The average Bonchev–Trinajstić information content (AvgIpc) is 3.34. The van der Waals surface area contributed by atoms with Gasteiger partial charge in [-0.15, -0.1) is 11.8 Å². The topological polar surface area (TPSA) is 41.6 Å². The number of methoxy groups -OCH3 is 1. The number of carbonyl (C=O) groups is 1. The highest BCUT2D eigenvalue weighted by Crippen LogP contribution is 2.27. The highest BCUT2D eigenvalue weighted by atomic mass is 32.2. The first-order valence-corrected chi connectivity index (χ1v) is 8.36. The molecule has 1 aliphatic carbocycles. The number of benzene rings is 1. The van der Waals surface area contributed by atoms with Crippen molar-refractivity contribution in [3.05, 3.63) is 29.8 Å². The highest BCUT2D eigenvalue weighted by Gasteiger charge is 2.29. The second kappa shape index (κ2) is 8.41. The van der Waals surface area contributed by atoms with E-state index in [2.05, 4.69) is 29.6 Å². The molecule has 1 saturated carbocycles. The van der Waals surface area contributed by atoms with Crippen LogP contribution in [0, 0.1) is 0 Å². The smallest absolute Gasteiger partial charge is 0.232 e. The molecule has 1 amide bonds. The van der Waals surface area contributed by atoms with E-state index in [0.29, 0.717) is 11.8 Å². The Kier molecular flexibility index (Phi) is 6.54. The van der Waals surface area contributed by atoms with Crippen molar-refractivity contribution in [2.75, 3.05) is 33.1 Å². The zero-order valence-electron chi connectivity index (χ0n) is 12.8. The molecule has 0 unspecified atom stereocenters. The largest absolute Gasteiger partial charge is 0.383 e. The Labute approximate surface area is 131 Å². The van der Waals surface area contributed by atoms with Crippen LogP contribution in [0.5, 0.6) is 0 Å². The van der Waals surface area contributed by atoms with Crippen molar-refractivity contribution in [1.29, 1.82) is 0 Å². The molecule has 1 fully saturated rings. The summed E-state index contributed by atoms with van der Waals surface area (Å²) in [4.78, 5) is 15.0. The van der Waals surface area contributed by atoms with Crippen LogP contribution < -0.4 is 5.32 Å². The fraction of sp³-hybridized carbons (Fsp3) is 0.562. The minimum atomic E-state index is 0.229. The maximum absolute atomic E-state index is 12.0. The van der Waals surface area contributed by atoms with Gasteiger partial charge in [0, 0.05) is 38.2 Å². The van der Waals surface area contributed by atoms with E-state index in [-0.39, 0.29) is 5.91 Å². The van der Waals surface area contributed by atoms with E-state index in [0.717, 1.165) is 37.4 Å². The summed E-state index contributed by atoms with van der Waals surface area (Å²) in [5, 5.41) is 3.31. The van der Waals surface area contributed by atoms with Crippen LogP contribution in [0.25, 0.3) is 0 Å². The lowest BCUT2D eigenvalue weighted by Gasteiger charge is -2.15. The van der Waals surface area contributed by atoms with E-state index in [1.54, 1.807) is 18.9 Å². The average molecular weight is 308 g/mol. The number of hydrogen-bond acceptors (Lipinski definition) is 4. The second-order valence-electron chi connectivity index (χ2n) is 5.34. The molecular formula is C16H24N2O2S. The van der Waals surface area contributed by atoms with Crippen molar-refractivity contribution in [3.8, 4) is 0 Å². The Morgan fingerprint density at radius 1 is 1.38 bits per heavy atom. The number of hydrogen-bond donors (Lipinski definition) is 1. The van der Waals surface area contributed by atoms with Gasteiger partial charge in [0.05, 0.1) is 12.4 Å². The fourth-order valence-corrected chi connectivity index (χ4v) is 2.85. The molecule has 21 heavy (non-hydrogen) atoms. The third kappa shape index (κ3) is 5.69. The Morgan fingerprint density at radius 3 is 2.71 bits per heavy atom. The maximum atomic E-state index is 12.0. The number of rotatable bonds is 9. The first-order chi connectivity index (χ1) is 10.2.